The quantitative estimate of drug-likeness (QED) is 0.615. The number of para-hydroxylation sites is 1. The van der Waals surface area contributed by atoms with Crippen LogP contribution in [0.4, 0.5) is 0 Å². The molecule has 0 aliphatic rings. The summed E-state index contributed by atoms with van der Waals surface area (Å²) >= 11 is 0. The third kappa shape index (κ3) is 1.45. The maximum absolute atomic E-state index is 4.45. The van der Waals surface area contributed by atoms with Gasteiger partial charge in [0, 0.05) is 24.1 Å². The molecular formula is C15H14N2. The average Bonchev–Trinajstić information content (AvgIpc) is 2.64. The van der Waals surface area contributed by atoms with Gasteiger partial charge in [-0.3, -0.25) is 4.98 Å². The average molecular weight is 222 g/mol. The molecule has 1 aromatic carbocycles. The second kappa shape index (κ2) is 3.74. The molecule has 0 fully saturated rings. The number of aryl methyl sites for hydroxylation is 2. The van der Waals surface area contributed by atoms with Crippen LogP contribution in [0.3, 0.4) is 0 Å². The topological polar surface area (TPSA) is 17.8 Å². The number of aromatic nitrogens is 2. The molecule has 0 aliphatic carbocycles. The SMILES string of the molecule is Cc1c(-c2ccccn2)n(C)c2ccccc12. The van der Waals surface area contributed by atoms with E-state index >= 15 is 0 Å². The third-order valence-corrected chi connectivity index (χ3v) is 3.27. The summed E-state index contributed by atoms with van der Waals surface area (Å²) in [6, 6.07) is 14.5. The monoisotopic (exact) mass is 222 g/mol. The van der Waals surface area contributed by atoms with Crippen LogP contribution >= 0.6 is 0 Å². The van der Waals surface area contributed by atoms with Crippen LogP contribution in [0.25, 0.3) is 22.3 Å². The molecule has 2 aromatic heterocycles. The van der Waals surface area contributed by atoms with E-state index in [1.165, 1.54) is 22.2 Å². The Morgan fingerprint density at radius 2 is 1.76 bits per heavy atom. The van der Waals surface area contributed by atoms with Crippen molar-refractivity contribution < 1.29 is 0 Å². The fourth-order valence-electron chi connectivity index (χ4n) is 2.45. The van der Waals surface area contributed by atoms with Crippen LogP contribution in [-0.4, -0.2) is 9.55 Å². The lowest BCUT2D eigenvalue weighted by Gasteiger charge is -2.04. The first-order valence-corrected chi connectivity index (χ1v) is 5.74. The fraction of sp³-hybridized carbons (Fsp3) is 0.133. The van der Waals surface area contributed by atoms with Crippen molar-refractivity contribution in [3.8, 4) is 11.4 Å². The van der Waals surface area contributed by atoms with Gasteiger partial charge in [-0.25, -0.2) is 0 Å². The molecule has 0 spiro atoms. The van der Waals surface area contributed by atoms with Gasteiger partial charge in [0.15, 0.2) is 0 Å². The van der Waals surface area contributed by atoms with Gasteiger partial charge in [-0.15, -0.1) is 0 Å². The predicted octanol–water partition coefficient (Wildman–Crippen LogP) is 3.55. The minimum atomic E-state index is 1.03. The maximum Gasteiger partial charge on any atom is 0.0869 e. The molecule has 2 heteroatoms. The minimum absolute atomic E-state index is 1.03. The van der Waals surface area contributed by atoms with E-state index in [2.05, 4.69) is 53.9 Å². The lowest BCUT2D eigenvalue weighted by Crippen LogP contribution is -1.93. The number of rotatable bonds is 1. The zero-order chi connectivity index (χ0) is 11.8. The van der Waals surface area contributed by atoms with E-state index in [1.807, 2.05) is 18.3 Å². The van der Waals surface area contributed by atoms with Gasteiger partial charge in [0.1, 0.15) is 0 Å². The Hall–Kier alpha value is -2.09. The van der Waals surface area contributed by atoms with E-state index in [1.54, 1.807) is 0 Å². The Morgan fingerprint density at radius 1 is 1.00 bits per heavy atom. The molecule has 3 aromatic rings. The van der Waals surface area contributed by atoms with Crippen molar-refractivity contribution >= 4 is 10.9 Å². The second-order valence-corrected chi connectivity index (χ2v) is 4.26. The van der Waals surface area contributed by atoms with Crippen LogP contribution in [0.1, 0.15) is 5.56 Å². The highest BCUT2D eigenvalue weighted by atomic mass is 15.0. The molecule has 2 heterocycles. The van der Waals surface area contributed by atoms with E-state index in [4.69, 9.17) is 0 Å². The molecule has 0 aliphatic heterocycles. The van der Waals surface area contributed by atoms with Gasteiger partial charge >= 0.3 is 0 Å². The normalized spacial score (nSPS) is 10.9. The summed E-state index contributed by atoms with van der Waals surface area (Å²) in [5.74, 6) is 0. The van der Waals surface area contributed by atoms with Gasteiger partial charge < -0.3 is 4.57 Å². The molecule has 0 bridgehead atoms. The summed E-state index contributed by atoms with van der Waals surface area (Å²) in [4.78, 5) is 4.45. The summed E-state index contributed by atoms with van der Waals surface area (Å²) in [6.45, 7) is 2.16. The smallest absolute Gasteiger partial charge is 0.0869 e. The fourth-order valence-corrected chi connectivity index (χ4v) is 2.45. The summed E-state index contributed by atoms with van der Waals surface area (Å²) in [7, 11) is 2.10. The summed E-state index contributed by atoms with van der Waals surface area (Å²) < 4.78 is 2.22. The van der Waals surface area contributed by atoms with E-state index in [0.29, 0.717) is 0 Å². The maximum atomic E-state index is 4.45. The standard InChI is InChI=1S/C15H14N2/c1-11-12-7-3-4-9-14(12)17(2)15(11)13-8-5-6-10-16-13/h3-10H,1-2H3. The van der Waals surface area contributed by atoms with Crippen molar-refractivity contribution in [2.24, 2.45) is 7.05 Å². The van der Waals surface area contributed by atoms with Gasteiger partial charge in [0.05, 0.1) is 11.4 Å². The van der Waals surface area contributed by atoms with Crippen molar-refractivity contribution in [1.29, 1.82) is 0 Å². The highest BCUT2D eigenvalue weighted by molar-refractivity contribution is 5.90. The molecular weight excluding hydrogens is 208 g/mol. The molecule has 0 saturated heterocycles. The first-order valence-electron chi connectivity index (χ1n) is 5.74. The van der Waals surface area contributed by atoms with Crippen molar-refractivity contribution in [3.05, 3.63) is 54.2 Å². The van der Waals surface area contributed by atoms with Crippen molar-refractivity contribution in [2.75, 3.05) is 0 Å². The molecule has 2 nitrogen and oxygen atoms in total. The van der Waals surface area contributed by atoms with Gasteiger partial charge in [0.25, 0.3) is 0 Å². The van der Waals surface area contributed by atoms with E-state index in [-0.39, 0.29) is 0 Å². The van der Waals surface area contributed by atoms with Crippen molar-refractivity contribution in [3.63, 3.8) is 0 Å². The number of fused-ring (bicyclic) bond motifs is 1. The largest absolute Gasteiger partial charge is 0.342 e. The van der Waals surface area contributed by atoms with E-state index in [9.17, 15) is 0 Å². The second-order valence-electron chi connectivity index (χ2n) is 4.26. The Morgan fingerprint density at radius 3 is 2.47 bits per heavy atom. The highest BCUT2D eigenvalue weighted by Gasteiger charge is 2.13. The Labute approximate surface area is 101 Å². The molecule has 0 N–H and O–H groups in total. The summed E-state index contributed by atoms with van der Waals surface area (Å²) in [5, 5.41) is 1.30. The van der Waals surface area contributed by atoms with E-state index < -0.39 is 0 Å². The number of nitrogens with zero attached hydrogens (tertiary/aromatic N) is 2. The molecule has 0 saturated carbocycles. The van der Waals surface area contributed by atoms with Gasteiger partial charge in [-0.1, -0.05) is 24.3 Å². The van der Waals surface area contributed by atoms with Crippen LogP contribution in [0, 0.1) is 6.92 Å². The lowest BCUT2D eigenvalue weighted by atomic mass is 10.1. The van der Waals surface area contributed by atoms with Crippen molar-refractivity contribution in [1.82, 2.24) is 9.55 Å². The van der Waals surface area contributed by atoms with Crippen LogP contribution in [0.5, 0.6) is 0 Å². The molecule has 3 rings (SSSR count). The molecule has 0 radical (unpaired) electrons. The first-order chi connectivity index (χ1) is 8.29. The van der Waals surface area contributed by atoms with Gasteiger partial charge in [-0.2, -0.15) is 0 Å². The number of pyridine rings is 1. The Bertz CT molecular complexity index is 627. The zero-order valence-electron chi connectivity index (χ0n) is 10.0. The van der Waals surface area contributed by atoms with Crippen LogP contribution in [0.15, 0.2) is 48.7 Å². The van der Waals surface area contributed by atoms with Gasteiger partial charge in [0.2, 0.25) is 0 Å². The van der Waals surface area contributed by atoms with Crippen LogP contribution < -0.4 is 0 Å². The summed E-state index contributed by atoms with van der Waals surface area (Å²) in [6.07, 6.45) is 1.84. The van der Waals surface area contributed by atoms with Crippen molar-refractivity contribution in [2.45, 2.75) is 6.92 Å². The molecule has 84 valence electrons. The highest BCUT2D eigenvalue weighted by Crippen LogP contribution is 2.30. The number of hydrogen-bond acceptors (Lipinski definition) is 1. The number of hydrogen-bond donors (Lipinski definition) is 0. The molecule has 0 amide bonds. The third-order valence-electron chi connectivity index (χ3n) is 3.27. The molecule has 0 unspecified atom stereocenters. The Kier molecular flexibility index (Phi) is 2.22. The summed E-state index contributed by atoms with van der Waals surface area (Å²) in [5.41, 5.74) is 4.78. The van der Waals surface area contributed by atoms with E-state index in [0.717, 1.165) is 5.69 Å². The first kappa shape index (κ1) is 10.1. The predicted molar refractivity (Wildman–Crippen MR) is 70.9 cm³/mol. The minimum Gasteiger partial charge on any atom is -0.342 e. The lowest BCUT2D eigenvalue weighted by molar-refractivity contribution is 0.965. The number of benzene rings is 1. The zero-order valence-corrected chi connectivity index (χ0v) is 10.0. The molecule has 0 atom stereocenters. The van der Waals surface area contributed by atoms with Gasteiger partial charge in [-0.05, 0) is 30.7 Å². The van der Waals surface area contributed by atoms with Crippen LogP contribution in [0.2, 0.25) is 0 Å². The Balaban J connectivity index is 2.38. The molecule has 17 heavy (non-hydrogen) atoms. The van der Waals surface area contributed by atoms with Crippen LogP contribution in [-0.2, 0) is 7.05 Å².